The maximum atomic E-state index is 12.1. The molecule has 1 fully saturated rings. The van der Waals surface area contributed by atoms with E-state index in [-0.39, 0.29) is 10.9 Å². The van der Waals surface area contributed by atoms with Gasteiger partial charge in [0.1, 0.15) is 5.75 Å². The van der Waals surface area contributed by atoms with Crippen LogP contribution in [0.25, 0.3) is 0 Å². The Morgan fingerprint density at radius 1 is 1.50 bits per heavy atom. The molecule has 100 valence electrons. The lowest BCUT2D eigenvalue weighted by atomic mass is 10.3. The monoisotopic (exact) mass is 288 g/mol. The first-order chi connectivity index (χ1) is 8.53. The standard InChI is InChI=1S/C11H16N2O3S2/c1-16-11-3-2-9(6-10(11)12)18(14,15)13-8-4-5-17-7-8/h2-3,6,8,13H,4-5,7,12H2,1H3. The summed E-state index contributed by atoms with van der Waals surface area (Å²) in [7, 11) is -2.00. The summed E-state index contributed by atoms with van der Waals surface area (Å²) in [5.74, 6) is 2.30. The van der Waals surface area contributed by atoms with E-state index in [1.165, 1.54) is 19.2 Å². The number of hydrogen-bond acceptors (Lipinski definition) is 5. The zero-order chi connectivity index (χ0) is 13.2. The minimum Gasteiger partial charge on any atom is -0.495 e. The zero-order valence-electron chi connectivity index (χ0n) is 10.0. The maximum Gasteiger partial charge on any atom is 0.240 e. The summed E-state index contributed by atoms with van der Waals surface area (Å²) in [4.78, 5) is 0.178. The molecule has 1 unspecified atom stereocenters. The summed E-state index contributed by atoms with van der Waals surface area (Å²) in [6.07, 6.45) is 0.871. The molecule has 5 nitrogen and oxygen atoms in total. The van der Waals surface area contributed by atoms with E-state index in [0.717, 1.165) is 17.9 Å². The Balaban J connectivity index is 2.21. The van der Waals surface area contributed by atoms with Gasteiger partial charge in [-0.1, -0.05) is 0 Å². The highest BCUT2D eigenvalue weighted by atomic mass is 32.2. The average Bonchev–Trinajstić information content (AvgIpc) is 2.81. The van der Waals surface area contributed by atoms with E-state index >= 15 is 0 Å². The number of anilines is 1. The van der Waals surface area contributed by atoms with Crippen LogP contribution in [0.3, 0.4) is 0 Å². The number of nitrogen functional groups attached to an aromatic ring is 1. The summed E-state index contributed by atoms with van der Waals surface area (Å²) in [6, 6.07) is 4.50. The SMILES string of the molecule is COc1ccc(S(=O)(=O)NC2CCSC2)cc1N. The first-order valence-electron chi connectivity index (χ1n) is 5.56. The van der Waals surface area contributed by atoms with E-state index in [4.69, 9.17) is 10.5 Å². The fraction of sp³-hybridized carbons (Fsp3) is 0.455. The molecule has 0 amide bonds. The Morgan fingerprint density at radius 2 is 2.28 bits per heavy atom. The maximum absolute atomic E-state index is 12.1. The topological polar surface area (TPSA) is 81.4 Å². The molecule has 1 aromatic rings. The first-order valence-corrected chi connectivity index (χ1v) is 8.20. The van der Waals surface area contributed by atoms with Crippen LogP contribution in [0.4, 0.5) is 5.69 Å². The molecule has 1 aliphatic heterocycles. The van der Waals surface area contributed by atoms with Crippen molar-refractivity contribution in [2.75, 3.05) is 24.3 Å². The second-order valence-corrected chi connectivity index (χ2v) is 6.95. The Bertz CT molecular complexity index is 525. The number of methoxy groups -OCH3 is 1. The lowest BCUT2D eigenvalue weighted by Gasteiger charge is -2.13. The molecule has 1 saturated heterocycles. The van der Waals surface area contributed by atoms with E-state index in [0.29, 0.717) is 11.4 Å². The Labute approximate surface area is 111 Å². The number of thioether (sulfide) groups is 1. The minimum atomic E-state index is -3.49. The van der Waals surface area contributed by atoms with Gasteiger partial charge in [-0.3, -0.25) is 0 Å². The van der Waals surface area contributed by atoms with Gasteiger partial charge in [0.15, 0.2) is 0 Å². The molecule has 3 N–H and O–H groups in total. The zero-order valence-corrected chi connectivity index (χ0v) is 11.7. The van der Waals surface area contributed by atoms with Gasteiger partial charge in [0.2, 0.25) is 10.0 Å². The fourth-order valence-corrected chi connectivity index (χ4v) is 4.36. The van der Waals surface area contributed by atoms with Crippen molar-refractivity contribution >= 4 is 27.5 Å². The number of hydrogen-bond donors (Lipinski definition) is 2. The van der Waals surface area contributed by atoms with E-state index in [1.54, 1.807) is 17.8 Å². The van der Waals surface area contributed by atoms with Gasteiger partial charge < -0.3 is 10.5 Å². The van der Waals surface area contributed by atoms with Crippen LogP contribution in [-0.2, 0) is 10.0 Å². The van der Waals surface area contributed by atoms with Gasteiger partial charge in [0.25, 0.3) is 0 Å². The van der Waals surface area contributed by atoms with Crippen LogP contribution in [0.15, 0.2) is 23.1 Å². The van der Waals surface area contributed by atoms with Crippen LogP contribution in [0.1, 0.15) is 6.42 Å². The number of nitrogens with two attached hydrogens (primary N) is 1. The molecule has 0 saturated carbocycles. The molecule has 1 aliphatic rings. The Morgan fingerprint density at radius 3 is 2.83 bits per heavy atom. The average molecular weight is 288 g/mol. The summed E-state index contributed by atoms with van der Waals surface area (Å²) < 4.78 is 31.9. The van der Waals surface area contributed by atoms with Gasteiger partial charge in [-0.25, -0.2) is 13.1 Å². The Hall–Kier alpha value is -0.920. The number of sulfonamides is 1. The van der Waals surface area contributed by atoms with Crippen molar-refractivity contribution in [1.82, 2.24) is 4.72 Å². The van der Waals surface area contributed by atoms with E-state index in [9.17, 15) is 8.42 Å². The van der Waals surface area contributed by atoms with Crippen molar-refractivity contribution in [1.29, 1.82) is 0 Å². The van der Waals surface area contributed by atoms with Crippen molar-refractivity contribution in [3.8, 4) is 5.75 Å². The highest BCUT2D eigenvalue weighted by Crippen LogP contribution is 2.25. The molecule has 7 heteroatoms. The number of rotatable bonds is 4. The van der Waals surface area contributed by atoms with Crippen LogP contribution in [0, 0.1) is 0 Å². The van der Waals surface area contributed by atoms with Crippen LogP contribution < -0.4 is 15.2 Å². The Kier molecular flexibility index (Phi) is 4.04. The number of benzene rings is 1. The quantitative estimate of drug-likeness (QED) is 0.810. The molecular formula is C11H16N2O3S2. The third-order valence-corrected chi connectivity index (χ3v) is 5.44. The molecule has 1 heterocycles. The molecular weight excluding hydrogens is 272 g/mol. The molecule has 0 bridgehead atoms. The summed E-state index contributed by atoms with van der Waals surface area (Å²) >= 11 is 1.76. The predicted molar refractivity (Wildman–Crippen MR) is 73.5 cm³/mol. The van der Waals surface area contributed by atoms with Crippen LogP contribution in [0.2, 0.25) is 0 Å². The second kappa shape index (κ2) is 5.38. The molecule has 0 radical (unpaired) electrons. The third kappa shape index (κ3) is 2.90. The molecule has 0 spiro atoms. The molecule has 2 rings (SSSR count). The molecule has 0 aliphatic carbocycles. The molecule has 18 heavy (non-hydrogen) atoms. The minimum absolute atomic E-state index is 0.0170. The number of ether oxygens (including phenoxy) is 1. The predicted octanol–water partition coefficient (Wildman–Crippen LogP) is 1.06. The first kappa shape index (κ1) is 13.5. The van der Waals surface area contributed by atoms with Crippen LogP contribution in [-0.4, -0.2) is 33.1 Å². The van der Waals surface area contributed by atoms with Crippen LogP contribution >= 0.6 is 11.8 Å². The normalized spacial score (nSPS) is 19.9. The van der Waals surface area contributed by atoms with Gasteiger partial charge in [-0.2, -0.15) is 11.8 Å². The van der Waals surface area contributed by atoms with Crippen molar-refractivity contribution in [3.63, 3.8) is 0 Å². The largest absolute Gasteiger partial charge is 0.495 e. The molecule has 1 aromatic carbocycles. The highest BCUT2D eigenvalue weighted by molar-refractivity contribution is 7.99. The fourth-order valence-electron chi connectivity index (χ4n) is 1.79. The van der Waals surface area contributed by atoms with Crippen LogP contribution in [0.5, 0.6) is 5.75 Å². The lowest BCUT2D eigenvalue weighted by Crippen LogP contribution is -2.34. The summed E-state index contributed by atoms with van der Waals surface area (Å²) in [5, 5.41) is 0. The van der Waals surface area contributed by atoms with Gasteiger partial charge in [0.05, 0.1) is 17.7 Å². The van der Waals surface area contributed by atoms with Gasteiger partial charge in [0, 0.05) is 11.8 Å². The smallest absolute Gasteiger partial charge is 0.240 e. The molecule has 0 aromatic heterocycles. The van der Waals surface area contributed by atoms with Crippen molar-refractivity contribution in [3.05, 3.63) is 18.2 Å². The van der Waals surface area contributed by atoms with Crippen molar-refractivity contribution < 1.29 is 13.2 Å². The number of nitrogens with one attached hydrogen (secondary N) is 1. The van der Waals surface area contributed by atoms with Crippen molar-refractivity contribution in [2.45, 2.75) is 17.4 Å². The second-order valence-electron chi connectivity index (χ2n) is 4.09. The van der Waals surface area contributed by atoms with Gasteiger partial charge >= 0.3 is 0 Å². The van der Waals surface area contributed by atoms with Gasteiger partial charge in [-0.05, 0) is 30.4 Å². The van der Waals surface area contributed by atoms with E-state index in [2.05, 4.69) is 4.72 Å². The van der Waals surface area contributed by atoms with E-state index < -0.39 is 10.0 Å². The highest BCUT2D eigenvalue weighted by Gasteiger charge is 2.23. The van der Waals surface area contributed by atoms with Crippen molar-refractivity contribution in [2.24, 2.45) is 0 Å². The van der Waals surface area contributed by atoms with Gasteiger partial charge in [-0.15, -0.1) is 0 Å². The lowest BCUT2D eigenvalue weighted by molar-refractivity contribution is 0.416. The molecule has 1 atom stereocenters. The third-order valence-electron chi connectivity index (χ3n) is 2.76. The summed E-state index contributed by atoms with van der Waals surface area (Å²) in [5.41, 5.74) is 6.04. The summed E-state index contributed by atoms with van der Waals surface area (Å²) in [6.45, 7) is 0. The van der Waals surface area contributed by atoms with E-state index in [1.807, 2.05) is 0 Å².